The highest BCUT2D eigenvalue weighted by Crippen LogP contribution is 2.14. The second-order valence-corrected chi connectivity index (χ2v) is 5.82. The van der Waals surface area contributed by atoms with E-state index >= 15 is 0 Å². The van der Waals surface area contributed by atoms with Crippen LogP contribution in [0.3, 0.4) is 0 Å². The first-order valence-electron chi connectivity index (χ1n) is 8.18. The van der Waals surface area contributed by atoms with Crippen molar-refractivity contribution in [2.75, 3.05) is 5.32 Å². The molecule has 8 heteroatoms. The van der Waals surface area contributed by atoms with E-state index in [1.54, 1.807) is 17.1 Å². The molecule has 0 aliphatic rings. The van der Waals surface area contributed by atoms with E-state index in [9.17, 15) is 4.79 Å². The van der Waals surface area contributed by atoms with Crippen LogP contribution in [0.25, 0.3) is 11.3 Å². The number of urea groups is 1. The van der Waals surface area contributed by atoms with Gasteiger partial charge in [-0.3, -0.25) is 4.40 Å². The maximum atomic E-state index is 12.3. The highest BCUT2D eigenvalue weighted by atomic mass is 16.2. The molecule has 26 heavy (non-hydrogen) atoms. The van der Waals surface area contributed by atoms with Gasteiger partial charge in [-0.1, -0.05) is 24.3 Å². The van der Waals surface area contributed by atoms with Gasteiger partial charge in [-0.25, -0.2) is 9.48 Å². The Kier molecular flexibility index (Phi) is 4.06. The number of aromatic nitrogens is 5. The summed E-state index contributed by atoms with van der Waals surface area (Å²) in [6.07, 6.45) is 5.22. The topological polar surface area (TPSA) is 89.1 Å². The first kappa shape index (κ1) is 15.8. The molecular formula is C18H17N7O. The lowest BCUT2D eigenvalue weighted by Crippen LogP contribution is -2.32. The monoisotopic (exact) mass is 347 g/mol. The molecule has 0 bridgehead atoms. The van der Waals surface area contributed by atoms with Crippen molar-refractivity contribution in [1.29, 1.82) is 0 Å². The van der Waals surface area contributed by atoms with E-state index in [2.05, 4.69) is 25.9 Å². The number of rotatable bonds is 4. The fraction of sp³-hybridized carbons (Fsp3) is 0.111. The molecule has 3 aromatic heterocycles. The summed E-state index contributed by atoms with van der Waals surface area (Å²) < 4.78 is 3.55. The van der Waals surface area contributed by atoms with Gasteiger partial charge in [0.15, 0.2) is 11.5 Å². The molecule has 4 aromatic rings. The van der Waals surface area contributed by atoms with Crippen LogP contribution in [0.4, 0.5) is 10.5 Å². The Hall–Kier alpha value is -3.68. The zero-order valence-corrected chi connectivity index (χ0v) is 14.1. The number of nitrogens with zero attached hydrogens (tertiary/aromatic N) is 5. The molecule has 1 atom stereocenters. The van der Waals surface area contributed by atoms with Crippen LogP contribution in [0.5, 0.6) is 0 Å². The van der Waals surface area contributed by atoms with Crippen molar-refractivity contribution < 1.29 is 4.79 Å². The quantitative estimate of drug-likeness (QED) is 0.594. The maximum absolute atomic E-state index is 12.3. The molecule has 8 nitrogen and oxygen atoms in total. The summed E-state index contributed by atoms with van der Waals surface area (Å²) >= 11 is 0. The Balaban J connectivity index is 1.43. The van der Waals surface area contributed by atoms with Crippen LogP contribution in [-0.2, 0) is 0 Å². The van der Waals surface area contributed by atoms with E-state index in [0.717, 1.165) is 11.3 Å². The fourth-order valence-corrected chi connectivity index (χ4v) is 2.69. The van der Waals surface area contributed by atoms with Crippen molar-refractivity contribution in [2.45, 2.75) is 13.0 Å². The summed E-state index contributed by atoms with van der Waals surface area (Å²) in [7, 11) is 0. The largest absolute Gasteiger partial charge is 0.328 e. The molecule has 3 heterocycles. The van der Waals surface area contributed by atoms with Gasteiger partial charge in [0.05, 0.1) is 29.8 Å². The highest BCUT2D eigenvalue weighted by molar-refractivity contribution is 5.89. The van der Waals surface area contributed by atoms with Crippen molar-refractivity contribution in [2.24, 2.45) is 0 Å². The third kappa shape index (κ3) is 3.12. The molecular weight excluding hydrogens is 330 g/mol. The van der Waals surface area contributed by atoms with E-state index < -0.39 is 0 Å². The number of anilines is 1. The number of pyridine rings is 1. The molecule has 0 unspecified atom stereocenters. The van der Waals surface area contributed by atoms with Gasteiger partial charge in [0.1, 0.15) is 0 Å². The summed E-state index contributed by atoms with van der Waals surface area (Å²) in [4.78, 5) is 12.3. The molecule has 0 aliphatic carbocycles. The average Bonchev–Trinajstić information content (AvgIpc) is 3.29. The molecule has 2 N–H and O–H groups in total. The van der Waals surface area contributed by atoms with E-state index in [1.807, 2.05) is 66.1 Å². The standard InChI is InChI=1S/C18H17N7O/c1-13(17-23-22-16-9-5-6-10-24(16)17)20-18(26)21-14-11-19-25(12-14)15-7-3-2-4-8-15/h2-13H,1H3,(H2,20,21,26)/t13-/m0/s1. The summed E-state index contributed by atoms with van der Waals surface area (Å²) in [6, 6.07) is 14.7. The van der Waals surface area contributed by atoms with Crippen molar-refractivity contribution in [3.05, 3.63) is 72.9 Å². The number of para-hydroxylation sites is 1. The third-order valence-electron chi connectivity index (χ3n) is 3.94. The fourth-order valence-electron chi connectivity index (χ4n) is 2.69. The minimum atomic E-state index is -0.335. The minimum absolute atomic E-state index is 0.309. The van der Waals surface area contributed by atoms with Crippen LogP contribution in [0.1, 0.15) is 18.8 Å². The van der Waals surface area contributed by atoms with Crippen LogP contribution in [-0.4, -0.2) is 30.4 Å². The molecule has 130 valence electrons. The highest BCUT2D eigenvalue weighted by Gasteiger charge is 2.16. The second-order valence-electron chi connectivity index (χ2n) is 5.82. The Bertz CT molecular complexity index is 1040. The van der Waals surface area contributed by atoms with Crippen LogP contribution in [0, 0.1) is 0 Å². The molecule has 0 fully saturated rings. The predicted octanol–water partition coefficient (Wildman–Crippen LogP) is 2.80. The van der Waals surface area contributed by atoms with E-state index in [1.165, 1.54) is 0 Å². The lowest BCUT2D eigenvalue weighted by molar-refractivity contribution is 0.249. The van der Waals surface area contributed by atoms with Crippen LogP contribution < -0.4 is 10.6 Å². The van der Waals surface area contributed by atoms with Gasteiger partial charge in [-0.15, -0.1) is 10.2 Å². The smallest absolute Gasteiger partial charge is 0.319 e. The number of hydrogen-bond acceptors (Lipinski definition) is 4. The molecule has 0 aliphatic heterocycles. The predicted molar refractivity (Wildman–Crippen MR) is 97.1 cm³/mol. The van der Waals surface area contributed by atoms with Gasteiger partial charge < -0.3 is 10.6 Å². The Labute approximate surface area is 149 Å². The second kappa shape index (κ2) is 6.67. The van der Waals surface area contributed by atoms with Crippen molar-refractivity contribution in [3.63, 3.8) is 0 Å². The number of fused-ring (bicyclic) bond motifs is 1. The van der Waals surface area contributed by atoms with Gasteiger partial charge in [-0.2, -0.15) is 5.10 Å². The van der Waals surface area contributed by atoms with Gasteiger partial charge in [-0.05, 0) is 31.2 Å². The van der Waals surface area contributed by atoms with Gasteiger partial charge in [0.2, 0.25) is 0 Å². The lowest BCUT2D eigenvalue weighted by atomic mass is 10.3. The van der Waals surface area contributed by atoms with Crippen molar-refractivity contribution in [3.8, 4) is 5.69 Å². The lowest BCUT2D eigenvalue weighted by Gasteiger charge is -2.12. The number of amides is 2. The van der Waals surface area contributed by atoms with E-state index in [4.69, 9.17) is 0 Å². The van der Waals surface area contributed by atoms with Crippen LogP contribution in [0.15, 0.2) is 67.1 Å². The summed E-state index contributed by atoms with van der Waals surface area (Å²) in [5, 5.41) is 18.1. The van der Waals surface area contributed by atoms with E-state index in [0.29, 0.717) is 11.5 Å². The molecule has 4 rings (SSSR count). The number of hydrogen-bond donors (Lipinski definition) is 2. The van der Waals surface area contributed by atoms with Crippen molar-refractivity contribution >= 4 is 17.4 Å². The van der Waals surface area contributed by atoms with Gasteiger partial charge in [0.25, 0.3) is 0 Å². The van der Waals surface area contributed by atoms with Gasteiger partial charge in [0, 0.05) is 6.20 Å². The molecule has 0 saturated carbocycles. The molecule has 0 radical (unpaired) electrons. The number of carbonyl (C=O) groups excluding carboxylic acids is 1. The first-order valence-corrected chi connectivity index (χ1v) is 8.18. The zero-order valence-electron chi connectivity index (χ0n) is 14.1. The number of nitrogens with one attached hydrogen (secondary N) is 2. The van der Waals surface area contributed by atoms with Gasteiger partial charge >= 0.3 is 6.03 Å². The minimum Gasteiger partial charge on any atom is -0.328 e. The number of benzene rings is 1. The Morgan fingerprint density at radius 1 is 1.08 bits per heavy atom. The molecule has 2 amide bonds. The van der Waals surface area contributed by atoms with Crippen LogP contribution >= 0.6 is 0 Å². The molecule has 0 spiro atoms. The number of carbonyl (C=O) groups is 1. The summed E-state index contributed by atoms with van der Waals surface area (Å²) in [5.74, 6) is 0.663. The van der Waals surface area contributed by atoms with Crippen LogP contribution in [0.2, 0.25) is 0 Å². The summed E-state index contributed by atoms with van der Waals surface area (Å²) in [6.45, 7) is 1.86. The summed E-state index contributed by atoms with van der Waals surface area (Å²) in [5.41, 5.74) is 2.26. The maximum Gasteiger partial charge on any atom is 0.319 e. The zero-order chi connectivity index (χ0) is 17.9. The Morgan fingerprint density at radius 2 is 1.88 bits per heavy atom. The third-order valence-corrected chi connectivity index (χ3v) is 3.94. The van der Waals surface area contributed by atoms with Crippen molar-refractivity contribution in [1.82, 2.24) is 29.7 Å². The van der Waals surface area contributed by atoms with E-state index in [-0.39, 0.29) is 12.1 Å². The SMILES string of the molecule is C[C@H](NC(=O)Nc1cnn(-c2ccccc2)c1)c1nnc2ccccn12. The molecule has 1 aromatic carbocycles. The first-order chi connectivity index (χ1) is 12.7. The molecule has 0 saturated heterocycles. The average molecular weight is 347 g/mol. The normalized spacial score (nSPS) is 12.0. The Morgan fingerprint density at radius 3 is 2.73 bits per heavy atom.